The van der Waals surface area contributed by atoms with Gasteiger partial charge in [0.25, 0.3) is 0 Å². The Bertz CT molecular complexity index is 518. The molecule has 0 aliphatic heterocycles. The molecule has 0 saturated carbocycles. The molecule has 16 heavy (non-hydrogen) atoms. The summed E-state index contributed by atoms with van der Waals surface area (Å²) in [5.41, 5.74) is 11.0. The summed E-state index contributed by atoms with van der Waals surface area (Å²) in [7, 11) is 0. The first-order valence-corrected chi connectivity index (χ1v) is 6.12. The van der Waals surface area contributed by atoms with Gasteiger partial charge in [0, 0.05) is 5.56 Å². The van der Waals surface area contributed by atoms with E-state index in [-0.39, 0.29) is 0 Å². The Morgan fingerprint density at radius 3 is 2.06 bits per heavy atom. The number of nitrogens with zero attached hydrogens (tertiary/aromatic N) is 1. The lowest BCUT2D eigenvalue weighted by molar-refractivity contribution is 1.29. The minimum atomic E-state index is 0.651. The standard InChI is InChI=1S/C13H16N2S/c1-7-5-8(2)11(9(3)6-7)12-13(14)15-10(4)16-12/h5-6H,14H2,1-4H3. The molecule has 2 aromatic rings. The quantitative estimate of drug-likeness (QED) is 0.815. The molecule has 0 saturated heterocycles. The number of aromatic nitrogens is 1. The third-order valence-corrected chi connectivity index (χ3v) is 3.67. The van der Waals surface area contributed by atoms with Crippen LogP contribution < -0.4 is 5.73 Å². The lowest BCUT2D eigenvalue weighted by atomic mass is 9.99. The minimum Gasteiger partial charge on any atom is -0.382 e. The van der Waals surface area contributed by atoms with Crippen LogP contribution in [0, 0.1) is 27.7 Å². The van der Waals surface area contributed by atoms with Crippen molar-refractivity contribution >= 4 is 17.2 Å². The molecular formula is C13H16N2S. The van der Waals surface area contributed by atoms with E-state index in [1.807, 2.05) is 6.92 Å². The first-order valence-electron chi connectivity index (χ1n) is 5.30. The van der Waals surface area contributed by atoms with Gasteiger partial charge in [-0.3, -0.25) is 0 Å². The zero-order valence-electron chi connectivity index (χ0n) is 10.1. The molecule has 0 unspecified atom stereocenters. The summed E-state index contributed by atoms with van der Waals surface area (Å²) in [4.78, 5) is 5.39. The Hall–Kier alpha value is -1.35. The SMILES string of the molecule is Cc1cc(C)c(-c2sc(C)nc2N)c(C)c1. The molecule has 0 bridgehead atoms. The predicted molar refractivity (Wildman–Crippen MR) is 70.9 cm³/mol. The van der Waals surface area contributed by atoms with Crippen LogP contribution in [0.15, 0.2) is 12.1 Å². The van der Waals surface area contributed by atoms with Gasteiger partial charge >= 0.3 is 0 Å². The van der Waals surface area contributed by atoms with Gasteiger partial charge in [-0.05, 0) is 38.8 Å². The predicted octanol–water partition coefficient (Wildman–Crippen LogP) is 3.63. The highest BCUT2D eigenvalue weighted by atomic mass is 32.1. The van der Waals surface area contributed by atoms with Crippen molar-refractivity contribution in [1.82, 2.24) is 4.98 Å². The number of anilines is 1. The van der Waals surface area contributed by atoms with Gasteiger partial charge in [-0.1, -0.05) is 17.7 Å². The smallest absolute Gasteiger partial charge is 0.142 e. The summed E-state index contributed by atoms with van der Waals surface area (Å²) in [6.45, 7) is 8.36. The summed E-state index contributed by atoms with van der Waals surface area (Å²) >= 11 is 1.67. The number of hydrogen-bond acceptors (Lipinski definition) is 3. The second kappa shape index (κ2) is 3.91. The summed E-state index contributed by atoms with van der Waals surface area (Å²) in [6.07, 6.45) is 0. The highest BCUT2D eigenvalue weighted by Gasteiger charge is 2.13. The Kier molecular flexibility index (Phi) is 2.72. The van der Waals surface area contributed by atoms with E-state index in [0.29, 0.717) is 5.82 Å². The maximum Gasteiger partial charge on any atom is 0.142 e. The number of hydrogen-bond donors (Lipinski definition) is 1. The van der Waals surface area contributed by atoms with Crippen LogP contribution in [0.5, 0.6) is 0 Å². The number of aryl methyl sites for hydroxylation is 4. The monoisotopic (exact) mass is 232 g/mol. The number of nitrogens with two attached hydrogens (primary N) is 1. The molecule has 0 aliphatic rings. The van der Waals surface area contributed by atoms with Crippen molar-refractivity contribution in [1.29, 1.82) is 0 Å². The Morgan fingerprint density at radius 1 is 1.06 bits per heavy atom. The van der Waals surface area contributed by atoms with Gasteiger partial charge in [0.05, 0.1) is 9.88 Å². The second-order valence-corrected chi connectivity index (χ2v) is 5.42. The molecule has 2 N–H and O–H groups in total. The minimum absolute atomic E-state index is 0.651. The molecule has 0 aliphatic carbocycles. The molecule has 0 spiro atoms. The number of nitrogen functional groups attached to an aromatic ring is 1. The Labute approximate surface area is 100 Å². The van der Waals surface area contributed by atoms with Gasteiger partial charge < -0.3 is 5.73 Å². The van der Waals surface area contributed by atoms with E-state index >= 15 is 0 Å². The highest BCUT2D eigenvalue weighted by Crippen LogP contribution is 2.36. The summed E-state index contributed by atoms with van der Waals surface area (Å²) in [6, 6.07) is 4.38. The third kappa shape index (κ3) is 1.83. The molecule has 3 heteroatoms. The van der Waals surface area contributed by atoms with E-state index in [9.17, 15) is 0 Å². The average Bonchev–Trinajstić information content (AvgIpc) is 2.43. The van der Waals surface area contributed by atoms with Crippen molar-refractivity contribution in [3.05, 3.63) is 33.8 Å². The van der Waals surface area contributed by atoms with Crippen molar-refractivity contribution < 1.29 is 0 Å². The third-order valence-electron chi connectivity index (χ3n) is 2.66. The van der Waals surface area contributed by atoms with Crippen LogP contribution in [0.1, 0.15) is 21.7 Å². The van der Waals surface area contributed by atoms with Gasteiger partial charge in [0.15, 0.2) is 0 Å². The maximum atomic E-state index is 5.95. The molecule has 1 aromatic carbocycles. The summed E-state index contributed by atoms with van der Waals surface area (Å²) in [5.74, 6) is 0.651. The Morgan fingerprint density at radius 2 is 1.62 bits per heavy atom. The fourth-order valence-electron chi connectivity index (χ4n) is 2.16. The average molecular weight is 232 g/mol. The van der Waals surface area contributed by atoms with Crippen molar-refractivity contribution in [2.75, 3.05) is 5.73 Å². The molecule has 0 amide bonds. The number of benzene rings is 1. The molecule has 2 nitrogen and oxygen atoms in total. The van der Waals surface area contributed by atoms with Crippen LogP contribution in [0.4, 0.5) is 5.82 Å². The van der Waals surface area contributed by atoms with Crippen molar-refractivity contribution in [3.8, 4) is 10.4 Å². The fraction of sp³-hybridized carbons (Fsp3) is 0.308. The summed E-state index contributed by atoms with van der Waals surface area (Å²) in [5, 5.41) is 1.02. The topological polar surface area (TPSA) is 38.9 Å². The van der Waals surface area contributed by atoms with Gasteiger partial charge in [0.2, 0.25) is 0 Å². The zero-order chi connectivity index (χ0) is 11.9. The van der Waals surface area contributed by atoms with Crippen LogP contribution >= 0.6 is 11.3 Å². The Balaban J connectivity index is 2.69. The van der Waals surface area contributed by atoms with E-state index in [4.69, 9.17) is 5.73 Å². The fourth-order valence-corrected chi connectivity index (χ4v) is 3.17. The molecule has 1 aromatic heterocycles. The summed E-state index contributed by atoms with van der Waals surface area (Å²) < 4.78 is 0. The van der Waals surface area contributed by atoms with Gasteiger partial charge in [0.1, 0.15) is 5.82 Å². The van der Waals surface area contributed by atoms with Gasteiger partial charge in [-0.15, -0.1) is 11.3 Å². The van der Waals surface area contributed by atoms with Crippen LogP contribution in [0.2, 0.25) is 0 Å². The molecular weight excluding hydrogens is 216 g/mol. The highest BCUT2D eigenvalue weighted by molar-refractivity contribution is 7.15. The van der Waals surface area contributed by atoms with Gasteiger partial charge in [-0.2, -0.15) is 0 Å². The van der Waals surface area contributed by atoms with Crippen molar-refractivity contribution in [2.24, 2.45) is 0 Å². The van der Waals surface area contributed by atoms with E-state index in [1.165, 1.54) is 22.3 Å². The largest absolute Gasteiger partial charge is 0.382 e. The molecule has 0 atom stereocenters. The maximum absolute atomic E-state index is 5.95. The van der Waals surface area contributed by atoms with E-state index < -0.39 is 0 Å². The normalized spacial score (nSPS) is 10.8. The number of rotatable bonds is 1. The molecule has 2 rings (SSSR count). The van der Waals surface area contributed by atoms with E-state index in [2.05, 4.69) is 37.9 Å². The second-order valence-electron chi connectivity index (χ2n) is 4.22. The van der Waals surface area contributed by atoms with E-state index in [0.717, 1.165) is 9.88 Å². The van der Waals surface area contributed by atoms with Crippen LogP contribution in [0.25, 0.3) is 10.4 Å². The molecule has 0 fully saturated rings. The molecule has 0 radical (unpaired) electrons. The van der Waals surface area contributed by atoms with Crippen LogP contribution in [-0.4, -0.2) is 4.98 Å². The van der Waals surface area contributed by atoms with Gasteiger partial charge in [-0.25, -0.2) is 4.98 Å². The molecule has 1 heterocycles. The van der Waals surface area contributed by atoms with Crippen LogP contribution in [0.3, 0.4) is 0 Å². The first kappa shape index (κ1) is 11.1. The van der Waals surface area contributed by atoms with Crippen molar-refractivity contribution in [3.63, 3.8) is 0 Å². The first-order chi connectivity index (χ1) is 7.49. The van der Waals surface area contributed by atoms with Crippen molar-refractivity contribution in [2.45, 2.75) is 27.7 Å². The molecule has 84 valence electrons. The van der Waals surface area contributed by atoms with Crippen LogP contribution in [-0.2, 0) is 0 Å². The lowest BCUT2D eigenvalue weighted by Gasteiger charge is -2.09. The lowest BCUT2D eigenvalue weighted by Crippen LogP contribution is -1.92. The zero-order valence-corrected chi connectivity index (χ0v) is 10.9. The van der Waals surface area contributed by atoms with E-state index in [1.54, 1.807) is 11.3 Å². The number of thiazole rings is 1.